The van der Waals surface area contributed by atoms with Crippen molar-refractivity contribution >= 4 is 17.3 Å². The van der Waals surface area contributed by atoms with Crippen molar-refractivity contribution in [3.05, 3.63) is 15.6 Å². The predicted molar refractivity (Wildman–Crippen MR) is 63.6 cm³/mol. The Morgan fingerprint density at radius 3 is 3.19 bits per heavy atom. The lowest BCUT2D eigenvalue weighted by Gasteiger charge is -2.15. The first kappa shape index (κ1) is 11.6. The second kappa shape index (κ2) is 4.95. The molecule has 0 aromatic carbocycles. The Morgan fingerprint density at radius 1 is 1.62 bits per heavy atom. The fraction of sp³-hybridized carbons (Fsp3) is 0.667. The first-order chi connectivity index (χ1) is 7.69. The van der Waals surface area contributed by atoms with Gasteiger partial charge in [0.15, 0.2) is 0 Å². The second-order valence-electron chi connectivity index (χ2n) is 4.31. The molecule has 0 amide bonds. The number of nitrogens with zero attached hydrogens (tertiary/aromatic N) is 1. The molecule has 1 aromatic heterocycles. The van der Waals surface area contributed by atoms with Gasteiger partial charge in [-0.15, -0.1) is 11.3 Å². The summed E-state index contributed by atoms with van der Waals surface area (Å²) in [5.41, 5.74) is 1.21. The van der Waals surface area contributed by atoms with Gasteiger partial charge in [0, 0.05) is 4.88 Å². The normalized spacial score (nSPS) is 19.2. The SMILES string of the molecule is CCOC(=O)Cc1nc2c(s1)CC(C)CC2. The van der Waals surface area contributed by atoms with E-state index in [1.165, 1.54) is 17.0 Å². The molecular weight excluding hydrogens is 222 g/mol. The molecule has 0 saturated heterocycles. The van der Waals surface area contributed by atoms with Gasteiger partial charge in [-0.05, 0) is 32.1 Å². The lowest BCUT2D eigenvalue weighted by molar-refractivity contribution is -0.142. The number of thiazole rings is 1. The smallest absolute Gasteiger partial charge is 0.312 e. The Morgan fingerprint density at radius 2 is 2.44 bits per heavy atom. The van der Waals surface area contributed by atoms with Crippen LogP contribution < -0.4 is 0 Å². The van der Waals surface area contributed by atoms with Crippen LogP contribution in [0.15, 0.2) is 0 Å². The van der Waals surface area contributed by atoms with Crippen LogP contribution in [0.3, 0.4) is 0 Å². The molecule has 1 aromatic rings. The van der Waals surface area contributed by atoms with E-state index in [9.17, 15) is 4.79 Å². The highest BCUT2D eigenvalue weighted by Gasteiger charge is 2.20. The summed E-state index contributed by atoms with van der Waals surface area (Å²) in [5.74, 6) is 0.588. The van der Waals surface area contributed by atoms with Gasteiger partial charge in [-0.2, -0.15) is 0 Å². The molecule has 1 unspecified atom stereocenters. The highest BCUT2D eigenvalue weighted by molar-refractivity contribution is 7.11. The zero-order chi connectivity index (χ0) is 11.5. The van der Waals surface area contributed by atoms with E-state index in [4.69, 9.17) is 4.74 Å². The number of hydrogen-bond acceptors (Lipinski definition) is 4. The average Bonchev–Trinajstić information content (AvgIpc) is 2.59. The minimum Gasteiger partial charge on any atom is -0.466 e. The Kier molecular flexibility index (Phi) is 3.59. The van der Waals surface area contributed by atoms with Crippen molar-refractivity contribution in [1.82, 2.24) is 4.98 Å². The van der Waals surface area contributed by atoms with Crippen molar-refractivity contribution in [1.29, 1.82) is 0 Å². The molecule has 3 nitrogen and oxygen atoms in total. The Balaban J connectivity index is 2.04. The Labute approximate surface area is 99.8 Å². The van der Waals surface area contributed by atoms with Gasteiger partial charge in [-0.1, -0.05) is 6.92 Å². The summed E-state index contributed by atoms with van der Waals surface area (Å²) < 4.78 is 4.93. The molecule has 0 N–H and O–H groups in total. The number of aromatic nitrogens is 1. The molecule has 88 valence electrons. The molecule has 4 heteroatoms. The molecule has 1 heterocycles. The summed E-state index contributed by atoms with van der Waals surface area (Å²) in [6.45, 7) is 4.54. The van der Waals surface area contributed by atoms with Crippen LogP contribution in [-0.2, 0) is 28.8 Å². The van der Waals surface area contributed by atoms with Crippen LogP contribution in [0, 0.1) is 5.92 Å². The van der Waals surface area contributed by atoms with Crippen LogP contribution >= 0.6 is 11.3 Å². The van der Waals surface area contributed by atoms with Crippen molar-refractivity contribution < 1.29 is 9.53 Å². The molecule has 1 aliphatic carbocycles. The molecule has 1 atom stereocenters. The molecule has 2 rings (SSSR count). The molecular formula is C12H17NO2S. The number of hydrogen-bond donors (Lipinski definition) is 0. The van der Waals surface area contributed by atoms with Gasteiger partial charge in [0.05, 0.1) is 18.7 Å². The van der Waals surface area contributed by atoms with E-state index >= 15 is 0 Å². The molecule has 0 spiro atoms. The first-order valence-corrected chi connectivity index (χ1v) is 6.63. The van der Waals surface area contributed by atoms with Gasteiger partial charge < -0.3 is 4.74 Å². The fourth-order valence-electron chi connectivity index (χ4n) is 2.00. The summed E-state index contributed by atoms with van der Waals surface area (Å²) in [4.78, 5) is 17.2. The summed E-state index contributed by atoms with van der Waals surface area (Å²) >= 11 is 1.68. The van der Waals surface area contributed by atoms with Crippen molar-refractivity contribution in [2.75, 3.05) is 6.61 Å². The number of fused-ring (bicyclic) bond motifs is 1. The van der Waals surface area contributed by atoms with Crippen molar-refractivity contribution in [3.63, 3.8) is 0 Å². The highest BCUT2D eigenvalue weighted by atomic mass is 32.1. The second-order valence-corrected chi connectivity index (χ2v) is 5.48. The van der Waals surface area contributed by atoms with E-state index in [1.54, 1.807) is 11.3 Å². The molecule has 0 bridgehead atoms. The van der Waals surface area contributed by atoms with E-state index in [0.29, 0.717) is 13.0 Å². The van der Waals surface area contributed by atoms with Crippen LogP contribution in [-0.4, -0.2) is 17.6 Å². The third kappa shape index (κ3) is 2.61. The lowest BCUT2D eigenvalue weighted by Crippen LogP contribution is -2.09. The molecule has 1 aliphatic rings. The van der Waals surface area contributed by atoms with Gasteiger partial charge in [-0.3, -0.25) is 4.79 Å². The number of rotatable bonds is 3. The molecule has 0 aliphatic heterocycles. The van der Waals surface area contributed by atoms with Crippen molar-refractivity contribution in [3.8, 4) is 0 Å². The summed E-state index contributed by atoms with van der Waals surface area (Å²) in [7, 11) is 0. The predicted octanol–water partition coefficient (Wildman–Crippen LogP) is 2.37. The maximum Gasteiger partial charge on any atom is 0.312 e. The van der Waals surface area contributed by atoms with Gasteiger partial charge >= 0.3 is 5.97 Å². The van der Waals surface area contributed by atoms with Crippen molar-refractivity contribution in [2.45, 2.75) is 39.5 Å². The largest absolute Gasteiger partial charge is 0.466 e. The number of carbonyl (C=O) groups is 1. The number of aryl methyl sites for hydroxylation is 1. The summed E-state index contributed by atoms with van der Waals surface area (Å²) in [6.07, 6.45) is 3.74. The van der Waals surface area contributed by atoms with E-state index in [0.717, 1.165) is 23.8 Å². The van der Waals surface area contributed by atoms with Crippen LogP contribution in [0.2, 0.25) is 0 Å². The third-order valence-corrected chi connectivity index (χ3v) is 3.95. The van der Waals surface area contributed by atoms with Crippen molar-refractivity contribution in [2.24, 2.45) is 5.92 Å². The topological polar surface area (TPSA) is 39.2 Å². The lowest BCUT2D eigenvalue weighted by atomic mass is 9.93. The molecule has 0 radical (unpaired) electrons. The highest BCUT2D eigenvalue weighted by Crippen LogP contribution is 2.29. The standard InChI is InChI=1S/C12H17NO2S/c1-3-15-12(14)7-11-13-9-5-4-8(2)6-10(9)16-11/h8H,3-7H2,1-2H3. The van der Waals surface area contributed by atoms with Crippen LogP contribution in [0.25, 0.3) is 0 Å². The number of ether oxygens (including phenoxy) is 1. The van der Waals surface area contributed by atoms with Gasteiger partial charge in [0.2, 0.25) is 0 Å². The van der Waals surface area contributed by atoms with E-state index in [2.05, 4.69) is 11.9 Å². The minimum absolute atomic E-state index is 0.165. The molecule has 0 saturated carbocycles. The van der Waals surface area contributed by atoms with E-state index in [1.807, 2.05) is 6.92 Å². The van der Waals surface area contributed by atoms with Gasteiger partial charge in [0.1, 0.15) is 5.01 Å². The van der Waals surface area contributed by atoms with Crippen LogP contribution in [0.4, 0.5) is 0 Å². The first-order valence-electron chi connectivity index (χ1n) is 5.82. The maximum atomic E-state index is 11.3. The quantitative estimate of drug-likeness (QED) is 0.760. The third-order valence-electron chi connectivity index (χ3n) is 2.83. The van der Waals surface area contributed by atoms with Crippen LogP contribution in [0.1, 0.15) is 35.8 Å². The minimum atomic E-state index is -0.165. The Hall–Kier alpha value is -0.900. The van der Waals surface area contributed by atoms with E-state index in [-0.39, 0.29) is 5.97 Å². The summed E-state index contributed by atoms with van der Waals surface area (Å²) in [5, 5.41) is 0.914. The maximum absolute atomic E-state index is 11.3. The molecule has 0 fully saturated rings. The van der Waals surface area contributed by atoms with Gasteiger partial charge in [-0.25, -0.2) is 4.98 Å². The Bertz CT molecular complexity index is 386. The monoisotopic (exact) mass is 239 g/mol. The average molecular weight is 239 g/mol. The summed E-state index contributed by atoms with van der Waals surface area (Å²) in [6, 6.07) is 0. The van der Waals surface area contributed by atoms with Crippen LogP contribution in [0.5, 0.6) is 0 Å². The zero-order valence-corrected chi connectivity index (χ0v) is 10.6. The molecule has 16 heavy (non-hydrogen) atoms. The van der Waals surface area contributed by atoms with Gasteiger partial charge in [0.25, 0.3) is 0 Å². The zero-order valence-electron chi connectivity index (χ0n) is 9.78. The number of carbonyl (C=O) groups excluding carboxylic acids is 1. The van der Waals surface area contributed by atoms with E-state index < -0.39 is 0 Å². The number of esters is 1. The fourth-order valence-corrected chi connectivity index (χ4v) is 3.27.